The van der Waals surface area contributed by atoms with Crippen molar-refractivity contribution in [2.24, 2.45) is 5.92 Å². The van der Waals surface area contributed by atoms with Crippen molar-refractivity contribution in [3.8, 4) is 0 Å². The lowest BCUT2D eigenvalue weighted by atomic mass is 9.97. The lowest BCUT2D eigenvalue weighted by molar-refractivity contribution is -0.187. The van der Waals surface area contributed by atoms with Crippen molar-refractivity contribution < 1.29 is 13.2 Å². The van der Waals surface area contributed by atoms with Gasteiger partial charge in [-0.15, -0.1) is 0 Å². The molecule has 0 N–H and O–H groups in total. The summed E-state index contributed by atoms with van der Waals surface area (Å²) in [6.45, 7) is 1.23. The molecule has 1 atom stereocenters. The topological polar surface area (TPSA) is 3.24 Å². The van der Waals surface area contributed by atoms with Gasteiger partial charge in [0.1, 0.15) is 0 Å². The van der Waals surface area contributed by atoms with Crippen LogP contribution < -0.4 is 0 Å². The summed E-state index contributed by atoms with van der Waals surface area (Å²) in [4.78, 5) is 1.83. The van der Waals surface area contributed by atoms with Crippen LogP contribution >= 0.6 is 27.5 Å². The average Bonchev–Trinajstić information content (AvgIpc) is 2.32. The van der Waals surface area contributed by atoms with E-state index in [2.05, 4.69) is 15.9 Å². The van der Waals surface area contributed by atoms with Gasteiger partial charge in [0.25, 0.3) is 0 Å². The smallest absolute Gasteiger partial charge is 0.298 e. The van der Waals surface area contributed by atoms with Gasteiger partial charge >= 0.3 is 6.18 Å². The Bertz CT molecular complexity index is 450. The lowest BCUT2D eigenvalue weighted by Gasteiger charge is -2.33. The Morgan fingerprint density at radius 1 is 1.37 bits per heavy atom. The number of alkyl halides is 3. The maximum Gasteiger partial charge on any atom is 0.393 e. The first-order chi connectivity index (χ1) is 8.86. The number of likely N-dealkylation sites (tertiary alicyclic amines) is 1. The van der Waals surface area contributed by atoms with E-state index < -0.39 is 12.1 Å². The van der Waals surface area contributed by atoms with E-state index in [4.69, 9.17) is 11.6 Å². The van der Waals surface area contributed by atoms with Crippen LogP contribution in [0.1, 0.15) is 18.4 Å². The molecule has 0 radical (unpaired) electrons. The molecule has 2 rings (SSSR count). The normalized spacial score (nSPS) is 21.6. The number of piperidine rings is 1. The number of hydrogen-bond acceptors (Lipinski definition) is 1. The third-order valence-electron chi connectivity index (χ3n) is 3.38. The third kappa shape index (κ3) is 4.10. The van der Waals surface area contributed by atoms with Crippen molar-refractivity contribution in [3.63, 3.8) is 0 Å². The number of benzene rings is 1. The van der Waals surface area contributed by atoms with Crippen LogP contribution in [0.2, 0.25) is 5.02 Å². The van der Waals surface area contributed by atoms with E-state index in [0.717, 1.165) is 10.0 Å². The Hall–Kier alpha value is -0.260. The van der Waals surface area contributed by atoms with E-state index in [-0.39, 0.29) is 13.0 Å². The molecule has 106 valence electrons. The van der Waals surface area contributed by atoms with Crippen LogP contribution in [0.3, 0.4) is 0 Å². The van der Waals surface area contributed by atoms with Crippen molar-refractivity contribution in [2.45, 2.75) is 25.6 Å². The molecular formula is C13H14BrClF3N. The zero-order valence-corrected chi connectivity index (χ0v) is 12.5. The van der Waals surface area contributed by atoms with E-state index in [1.165, 1.54) is 0 Å². The van der Waals surface area contributed by atoms with Gasteiger partial charge in [0.15, 0.2) is 0 Å². The zero-order valence-electron chi connectivity index (χ0n) is 10.2. The molecule has 1 aromatic rings. The van der Waals surface area contributed by atoms with Crippen LogP contribution in [0.5, 0.6) is 0 Å². The lowest BCUT2D eigenvalue weighted by Crippen LogP contribution is -2.41. The summed E-state index contributed by atoms with van der Waals surface area (Å²) in [7, 11) is 0. The molecule has 0 saturated carbocycles. The monoisotopic (exact) mass is 355 g/mol. The van der Waals surface area contributed by atoms with Gasteiger partial charge in [0.2, 0.25) is 0 Å². The van der Waals surface area contributed by atoms with Gasteiger partial charge in [0.05, 0.1) is 5.92 Å². The molecule has 0 spiro atoms. The number of nitrogens with zero attached hydrogens (tertiary/aromatic N) is 1. The van der Waals surface area contributed by atoms with Crippen molar-refractivity contribution in [1.29, 1.82) is 0 Å². The van der Waals surface area contributed by atoms with Crippen molar-refractivity contribution >= 4 is 27.5 Å². The molecule has 1 aliphatic rings. The molecule has 0 bridgehead atoms. The highest BCUT2D eigenvalue weighted by molar-refractivity contribution is 9.10. The first-order valence-corrected chi connectivity index (χ1v) is 7.26. The summed E-state index contributed by atoms with van der Waals surface area (Å²) in [6.07, 6.45) is -3.28. The van der Waals surface area contributed by atoms with Crippen molar-refractivity contribution in [1.82, 2.24) is 4.90 Å². The van der Waals surface area contributed by atoms with Crippen LogP contribution in [0, 0.1) is 5.92 Å². The molecule has 1 aliphatic heterocycles. The summed E-state index contributed by atoms with van der Waals surface area (Å²) in [6, 6.07) is 5.47. The van der Waals surface area contributed by atoms with E-state index >= 15 is 0 Å². The summed E-state index contributed by atoms with van der Waals surface area (Å²) >= 11 is 9.41. The van der Waals surface area contributed by atoms with Gasteiger partial charge in [-0.3, -0.25) is 4.90 Å². The molecule has 0 aromatic heterocycles. The van der Waals surface area contributed by atoms with Gasteiger partial charge in [-0.25, -0.2) is 0 Å². The van der Waals surface area contributed by atoms with Gasteiger partial charge in [-0.2, -0.15) is 13.2 Å². The van der Waals surface area contributed by atoms with Crippen LogP contribution in [-0.2, 0) is 6.54 Å². The molecular weight excluding hydrogens is 343 g/mol. The average molecular weight is 357 g/mol. The first kappa shape index (κ1) is 15.1. The Morgan fingerprint density at radius 3 is 2.74 bits per heavy atom. The number of halogens is 5. The molecule has 1 unspecified atom stereocenters. The van der Waals surface area contributed by atoms with Crippen LogP contribution in [0.15, 0.2) is 22.7 Å². The highest BCUT2D eigenvalue weighted by Gasteiger charge is 2.41. The molecule has 1 nitrogen and oxygen atoms in total. The predicted molar refractivity (Wildman–Crippen MR) is 73.2 cm³/mol. The molecule has 1 heterocycles. The van der Waals surface area contributed by atoms with E-state index in [1.54, 1.807) is 6.07 Å². The summed E-state index contributed by atoms with van der Waals surface area (Å²) in [5.74, 6) is -1.21. The fourth-order valence-electron chi connectivity index (χ4n) is 2.36. The molecule has 1 saturated heterocycles. The van der Waals surface area contributed by atoms with Crippen molar-refractivity contribution in [3.05, 3.63) is 33.3 Å². The zero-order chi connectivity index (χ0) is 14.0. The largest absolute Gasteiger partial charge is 0.393 e. The molecule has 0 amide bonds. The number of hydrogen-bond donors (Lipinski definition) is 0. The van der Waals surface area contributed by atoms with Gasteiger partial charge < -0.3 is 0 Å². The van der Waals surface area contributed by atoms with Crippen LogP contribution in [0.25, 0.3) is 0 Å². The highest BCUT2D eigenvalue weighted by Crippen LogP contribution is 2.34. The molecule has 6 heteroatoms. The summed E-state index contributed by atoms with van der Waals surface area (Å²) in [5, 5.41) is 0.587. The molecule has 19 heavy (non-hydrogen) atoms. The van der Waals surface area contributed by atoms with E-state index in [0.29, 0.717) is 24.5 Å². The Labute approximate surface area is 123 Å². The summed E-state index contributed by atoms with van der Waals surface area (Å²) < 4.78 is 39.0. The van der Waals surface area contributed by atoms with Crippen molar-refractivity contribution in [2.75, 3.05) is 13.1 Å². The minimum absolute atomic E-state index is 0.0654. The quantitative estimate of drug-likeness (QED) is 0.730. The Balaban J connectivity index is 2.03. The third-order valence-corrected chi connectivity index (χ3v) is 4.22. The van der Waals surface area contributed by atoms with Crippen LogP contribution in [0.4, 0.5) is 13.2 Å². The fourth-order valence-corrected chi connectivity index (χ4v) is 3.09. The maximum absolute atomic E-state index is 12.7. The SMILES string of the molecule is FC(F)(F)C1CCCN(Cc2ccc(Br)cc2Cl)C1. The minimum atomic E-state index is -4.10. The van der Waals surface area contributed by atoms with E-state index in [1.807, 2.05) is 17.0 Å². The second-order valence-corrected chi connectivity index (χ2v) is 6.17. The summed E-state index contributed by atoms with van der Waals surface area (Å²) in [5.41, 5.74) is 0.868. The fraction of sp³-hybridized carbons (Fsp3) is 0.538. The second-order valence-electron chi connectivity index (χ2n) is 4.85. The molecule has 0 aliphatic carbocycles. The highest BCUT2D eigenvalue weighted by atomic mass is 79.9. The van der Waals surface area contributed by atoms with Gasteiger partial charge in [0, 0.05) is 22.6 Å². The standard InChI is InChI=1S/C13H14BrClF3N/c14-11-4-3-9(12(15)6-11)7-19-5-1-2-10(8-19)13(16,17)18/h3-4,6,10H,1-2,5,7-8H2. The maximum atomic E-state index is 12.7. The predicted octanol–water partition coefficient (Wildman–Crippen LogP) is 4.88. The Morgan fingerprint density at radius 2 is 2.11 bits per heavy atom. The first-order valence-electron chi connectivity index (χ1n) is 6.09. The van der Waals surface area contributed by atoms with Gasteiger partial charge in [-0.1, -0.05) is 33.6 Å². The van der Waals surface area contributed by atoms with Gasteiger partial charge in [-0.05, 0) is 37.1 Å². The molecule has 1 fully saturated rings. The van der Waals surface area contributed by atoms with E-state index in [9.17, 15) is 13.2 Å². The number of rotatable bonds is 2. The molecule has 1 aromatic carbocycles. The van der Waals surface area contributed by atoms with Crippen LogP contribution in [-0.4, -0.2) is 24.2 Å². The second kappa shape index (κ2) is 6.02. The minimum Gasteiger partial charge on any atom is -0.298 e. The Kier molecular flexibility index (Phi) is 4.79.